The molecule has 0 spiro atoms. The van der Waals surface area contributed by atoms with Gasteiger partial charge in [-0.2, -0.15) is 0 Å². The highest BCUT2D eigenvalue weighted by molar-refractivity contribution is 5.91. The molecule has 1 unspecified atom stereocenters. The summed E-state index contributed by atoms with van der Waals surface area (Å²) in [5.41, 5.74) is 0.772. The standard InChI is InChI=1S/C35H50N4O8/c1-8-23(4)30(31(41)39-29(22(2)3)32(42)43)38-28(40)20-27(36-33(44)46-21-25-17-13-10-14-18-25)26(19-24-15-11-9-12-16-24)37-34(45)47-35(5,6)7/h9-18,22-23,26-27,29-30H,8,19-21H2,1-7H3,(H,36,44)(H,37,45)(H,38,40)(H,39,41)(H,42,43)/t23-,26-,27-,29?,30-/m0/s1. The molecule has 0 radical (unpaired) electrons. The van der Waals surface area contributed by atoms with Crippen LogP contribution < -0.4 is 21.3 Å². The Morgan fingerprint density at radius 3 is 1.81 bits per heavy atom. The van der Waals surface area contributed by atoms with Gasteiger partial charge in [-0.3, -0.25) is 9.59 Å². The molecule has 0 saturated heterocycles. The van der Waals surface area contributed by atoms with Crippen LogP contribution in [0, 0.1) is 11.8 Å². The molecule has 0 fully saturated rings. The van der Waals surface area contributed by atoms with Crippen LogP contribution >= 0.6 is 0 Å². The molecule has 5 atom stereocenters. The van der Waals surface area contributed by atoms with E-state index in [0.29, 0.717) is 6.42 Å². The molecule has 2 aromatic carbocycles. The molecule has 0 bridgehead atoms. The summed E-state index contributed by atoms with van der Waals surface area (Å²) in [6.45, 7) is 12.1. The minimum Gasteiger partial charge on any atom is -0.480 e. The topological polar surface area (TPSA) is 172 Å². The van der Waals surface area contributed by atoms with E-state index >= 15 is 0 Å². The van der Waals surface area contributed by atoms with Crippen LogP contribution in [0.25, 0.3) is 0 Å². The van der Waals surface area contributed by atoms with Gasteiger partial charge in [0.1, 0.15) is 24.3 Å². The molecule has 0 heterocycles. The number of amides is 4. The second-order valence-electron chi connectivity index (χ2n) is 13.0. The highest BCUT2D eigenvalue weighted by atomic mass is 16.6. The van der Waals surface area contributed by atoms with Gasteiger partial charge in [0.2, 0.25) is 11.8 Å². The molecule has 5 N–H and O–H groups in total. The van der Waals surface area contributed by atoms with Crippen LogP contribution in [0.5, 0.6) is 0 Å². The molecule has 0 saturated carbocycles. The van der Waals surface area contributed by atoms with Crippen molar-refractivity contribution >= 4 is 30.0 Å². The normalized spacial score (nSPS) is 14.5. The number of hydrogen-bond donors (Lipinski definition) is 5. The predicted molar refractivity (Wildman–Crippen MR) is 177 cm³/mol. The SMILES string of the molecule is CC[C@H](C)[C@H](NC(=O)C[C@H](NC(=O)OCc1ccccc1)[C@H](Cc1ccccc1)NC(=O)OC(C)(C)C)C(=O)NC(C(=O)O)C(C)C. The van der Waals surface area contributed by atoms with Crippen molar-refractivity contribution in [2.24, 2.45) is 11.8 Å². The molecule has 0 aliphatic rings. The summed E-state index contributed by atoms with van der Waals surface area (Å²) < 4.78 is 10.9. The third kappa shape index (κ3) is 14.1. The summed E-state index contributed by atoms with van der Waals surface area (Å²) >= 11 is 0. The molecule has 12 heteroatoms. The van der Waals surface area contributed by atoms with E-state index < -0.39 is 65.7 Å². The van der Waals surface area contributed by atoms with Gasteiger partial charge >= 0.3 is 18.2 Å². The molecule has 4 amide bonds. The Labute approximate surface area is 277 Å². The largest absolute Gasteiger partial charge is 0.480 e. The predicted octanol–water partition coefficient (Wildman–Crippen LogP) is 4.56. The molecule has 2 aromatic rings. The lowest BCUT2D eigenvalue weighted by molar-refractivity contribution is -0.143. The van der Waals surface area contributed by atoms with E-state index in [9.17, 15) is 29.1 Å². The first-order chi connectivity index (χ1) is 22.1. The lowest BCUT2D eigenvalue weighted by Crippen LogP contribution is -2.58. The average molecular weight is 655 g/mol. The van der Waals surface area contributed by atoms with Gasteiger partial charge in [-0.05, 0) is 50.2 Å². The van der Waals surface area contributed by atoms with Crippen LogP contribution in [0.2, 0.25) is 0 Å². The number of hydrogen-bond acceptors (Lipinski definition) is 7. The van der Waals surface area contributed by atoms with Gasteiger partial charge < -0.3 is 35.8 Å². The van der Waals surface area contributed by atoms with Crippen molar-refractivity contribution in [1.29, 1.82) is 0 Å². The first-order valence-electron chi connectivity index (χ1n) is 15.9. The van der Waals surface area contributed by atoms with Gasteiger partial charge in [-0.15, -0.1) is 0 Å². The maximum absolute atomic E-state index is 13.6. The lowest BCUT2D eigenvalue weighted by atomic mass is 9.94. The van der Waals surface area contributed by atoms with Crippen molar-refractivity contribution in [1.82, 2.24) is 21.3 Å². The van der Waals surface area contributed by atoms with E-state index in [4.69, 9.17) is 9.47 Å². The molecule has 47 heavy (non-hydrogen) atoms. The van der Waals surface area contributed by atoms with E-state index in [0.717, 1.165) is 11.1 Å². The number of benzene rings is 2. The molecule has 0 aliphatic carbocycles. The summed E-state index contributed by atoms with van der Waals surface area (Å²) in [5.74, 6) is -3.15. The Balaban J connectivity index is 2.38. The van der Waals surface area contributed by atoms with Gasteiger partial charge in [-0.1, -0.05) is 94.8 Å². The van der Waals surface area contributed by atoms with E-state index in [-0.39, 0.29) is 25.4 Å². The maximum Gasteiger partial charge on any atom is 0.407 e. The van der Waals surface area contributed by atoms with Crippen LogP contribution in [0.3, 0.4) is 0 Å². The maximum atomic E-state index is 13.6. The Morgan fingerprint density at radius 2 is 1.30 bits per heavy atom. The number of carbonyl (C=O) groups excluding carboxylic acids is 4. The van der Waals surface area contributed by atoms with Crippen molar-refractivity contribution in [3.8, 4) is 0 Å². The number of carboxylic acid groups (broad SMARTS) is 1. The first-order valence-corrected chi connectivity index (χ1v) is 15.9. The van der Waals surface area contributed by atoms with Crippen LogP contribution in [-0.2, 0) is 36.9 Å². The third-order valence-corrected chi connectivity index (χ3v) is 7.45. The molecular formula is C35H50N4O8. The van der Waals surface area contributed by atoms with Gasteiger partial charge in [0.15, 0.2) is 0 Å². The molecule has 0 aliphatic heterocycles. The van der Waals surface area contributed by atoms with Crippen molar-refractivity contribution in [2.45, 2.75) is 104 Å². The third-order valence-electron chi connectivity index (χ3n) is 7.45. The van der Waals surface area contributed by atoms with Gasteiger partial charge in [0.05, 0.1) is 12.1 Å². The van der Waals surface area contributed by atoms with Crippen molar-refractivity contribution in [2.75, 3.05) is 0 Å². The molecular weight excluding hydrogens is 604 g/mol. The molecule has 258 valence electrons. The summed E-state index contributed by atoms with van der Waals surface area (Å²) in [6.07, 6.45) is -1.16. The van der Waals surface area contributed by atoms with Crippen LogP contribution in [0.1, 0.15) is 72.4 Å². The Bertz CT molecular complexity index is 1310. The second-order valence-corrected chi connectivity index (χ2v) is 13.0. The number of ether oxygens (including phenoxy) is 2. The number of aliphatic carboxylic acids is 1. The van der Waals surface area contributed by atoms with Gasteiger partial charge in [0.25, 0.3) is 0 Å². The van der Waals surface area contributed by atoms with Crippen molar-refractivity contribution in [3.05, 3.63) is 71.8 Å². The molecule has 0 aromatic heterocycles. The number of carboxylic acids is 1. The quantitative estimate of drug-likeness (QED) is 0.175. The van der Waals surface area contributed by atoms with Gasteiger partial charge in [-0.25, -0.2) is 14.4 Å². The van der Waals surface area contributed by atoms with E-state index in [1.165, 1.54) is 0 Å². The monoisotopic (exact) mass is 654 g/mol. The highest BCUT2D eigenvalue weighted by Gasteiger charge is 2.34. The number of nitrogens with one attached hydrogen (secondary N) is 4. The fraction of sp³-hybridized carbons (Fsp3) is 0.514. The number of alkyl carbamates (subject to hydrolysis) is 2. The van der Waals surface area contributed by atoms with Gasteiger partial charge in [0, 0.05) is 6.42 Å². The summed E-state index contributed by atoms with van der Waals surface area (Å²) in [4.78, 5) is 64.7. The molecule has 2 rings (SSSR count). The van der Waals surface area contributed by atoms with E-state index in [2.05, 4.69) is 21.3 Å². The van der Waals surface area contributed by atoms with Crippen LogP contribution in [-0.4, -0.2) is 64.8 Å². The molecule has 12 nitrogen and oxygen atoms in total. The van der Waals surface area contributed by atoms with Crippen molar-refractivity contribution in [3.63, 3.8) is 0 Å². The fourth-order valence-corrected chi connectivity index (χ4v) is 4.72. The zero-order chi connectivity index (χ0) is 35.1. The summed E-state index contributed by atoms with van der Waals surface area (Å²) in [5, 5.41) is 20.4. The zero-order valence-corrected chi connectivity index (χ0v) is 28.4. The van der Waals surface area contributed by atoms with Crippen molar-refractivity contribution < 1.29 is 38.6 Å². The lowest BCUT2D eigenvalue weighted by Gasteiger charge is -2.31. The minimum absolute atomic E-state index is 0.0225. The van der Waals surface area contributed by atoms with E-state index in [1.54, 1.807) is 53.7 Å². The summed E-state index contributed by atoms with van der Waals surface area (Å²) in [6, 6.07) is 14.2. The van der Waals surface area contributed by atoms with Crippen LogP contribution in [0.15, 0.2) is 60.7 Å². The van der Waals surface area contributed by atoms with Crippen LogP contribution in [0.4, 0.5) is 9.59 Å². The Morgan fingerprint density at radius 1 is 0.745 bits per heavy atom. The smallest absolute Gasteiger partial charge is 0.407 e. The Hall–Kier alpha value is -4.61. The fourth-order valence-electron chi connectivity index (χ4n) is 4.72. The first kappa shape index (κ1) is 38.6. The van der Waals surface area contributed by atoms with E-state index in [1.807, 2.05) is 55.5 Å². The number of rotatable bonds is 16. The second kappa shape index (κ2) is 18.5. The Kier molecular flexibility index (Phi) is 15.2. The minimum atomic E-state index is -1.18. The zero-order valence-electron chi connectivity index (χ0n) is 28.4. The highest BCUT2D eigenvalue weighted by Crippen LogP contribution is 2.15. The number of carbonyl (C=O) groups is 5. The average Bonchev–Trinajstić information content (AvgIpc) is 3.00. The summed E-state index contributed by atoms with van der Waals surface area (Å²) in [7, 11) is 0.